The fraction of sp³-hybridized carbons (Fsp3) is 0.250. The molecule has 13 heavy (non-hydrogen) atoms. The van der Waals surface area contributed by atoms with E-state index >= 15 is 0 Å². The minimum Gasteiger partial charge on any atom is -0.494 e. The van der Waals surface area contributed by atoms with Crippen LogP contribution < -0.4 is 10.1 Å². The largest absolute Gasteiger partial charge is 0.494 e. The summed E-state index contributed by atoms with van der Waals surface area (Å²) in [6.07, 6.45) is 0. The van der Waals surface area contributed by atoms with Crippen LogP contribution in [0.5, 0.6) is 5.75 Å². The molecule has 0 unspecified atom stereocenters. The first-order valence-corrected chi connectivity index (χ1v) is 3.61. The highest BCUT2D eigenvalue weighted by Gasteiger charge is 2.13. The smallest absolute Gasteiger partial charge is 0.273 e. The SMILES string of the molecule is CNC(=O)c1nc(F)ccc1OC. The lowest BCUT2D eigenvalue weighted by molar-refractivity contribution is 0.0953. The van der Waals surface area contributed by atoms with Gasteiger partial charge in [-0.05, 0) is 12.1 Å². The number of carbonyl (C=O) groups is 1. The number of carbonyl (C=O) groups excluding carboxylic acids is 1. The average molecular weight is 184 g/mol. The van der Waals surface area contributed by atoms with Crippen LogP contribution in [0.15, 0.2) is 12.1 Å². The number of ether oxygens (including phenoxy) is 1. The topological polar surface area (TPSA) is 51.2 Å². The van der Waals surface area contributed by atoms with E-state index in [1.807, 2.05) is 0 Å². The van der Waals surface area contributed by atoms with Gasteiger partial charge in [-0.1, -0.05) is 0 Å². The van der Waals surface area contributed by atoms with Crippen molar-refractivity contribution in [1.82, 2.24) is 10.3 Å². The van der Waals surface area contributed by atoms with Crippen LogP contribution in [0.4, 0.5) is 4.39 Å². The molecule has 70 valence electrons. The molecule has 0 fully saturated rings. The zero-order chi connectivity index (χ0) is 9.84. The Kier molecular flexibility index (Phi) is 2.79. The first kappa shape index (κ1) is 9.44. The number of hydrogen-bond donors (Lipinski definition) is 1. The molecule has 1 heterocycles. The second-order valence-electron chi connectivity index (χ2n) is 2.26. The van der Waals surface area contributed by atoms with Gasteiger partial charge in [-0.2, -0.15) is 4.39 Å². The van der Waals surface area contributed by atoms with E-state index in [2.05, 4.69) is 10.3 Å². The second-order valence-corrected chi connectivity index (χ2v) is 2.26. The summed E-state index contributed by atoms with van der Waals surface area (Å²) >= 11 is 0. The number of aromatic nitrogens is 1. The summed E-state index contributed by atoms with van der Waals surface area (Å²) in [5.41, 5.74) is -0.0509. The minimum atomic E-state index is -0.709. The molecule has 0 aliphatic heterocycles. The lowest BCUT2D eigenvalue weighted by Crippen LogP contribution is -2.20. The fourth-order valence-corrected chi connectivity index (χ4v) is 0.868. The lowest BCUT2D eigenvalue weighted by Gasteiger charge is -2.05. The predicted octanol–water partition coefficient (Wildman–Crippen LogP) is 0.589. The minimum absolute atomic E-state index is 0.0509. The molecule has 0 aliphatic rings. The van der Waals surface area contributed by atoms with Gasteiger partial charge in [0, 0.05) is 7.05 Å². The Morgan fingerprint density at radius 2 is 2.31 bits per heavy atom. The Labute approximate surface area is 74.7 Å². The van der Waals surface area contributed by atoms with Crippen molar-refractivity contribution in [2.75, 3.05) is 14.2 Å². The van der Waals surface area contributed by atoms with Crippen molar-refractivity contribution in [2.45, 2.75) is 0 Å². The highest BCUT2D eigenvalue weighted by atomic mass is 19.1. The highest BCUT2D eigenvalue weighted by molar-refractivity contribution is 5.94. The molecule has 1 aromatic rings. The number of methoxy groups -OCH3 is 1. The Bertz CT molecular complexity index is 328. The fourth-order valence-electron chi connectivity index (χ4n) is 0.868. The standard InChI is InChI=1S/C8H9FN2O2/c1-10-8(12)7-5(13-2)3-4-6(9)11-7/h3-4H,1-2H3,(H,10,12). The molecular formula is C8H9FN2O2. The Morgan fingerprint density at radius 1 is 1.62 bits per heavy atom. The lowest BCUT2D eigenvalue weighted by atomic mass is 10.3. The van der Waals surface area contributed by atoms with Crippen molar-refractivity contribution in [1.29, 1.82) is 0 Å². The van der Waals surface area contributed by atoms with Crippen LogP contribution >= 0.6 is 0 Å². The molecule has 1 aromatic heterocycles. The summed E-state index contributed by atoms with van der Waals surface area (Å²) in [5.74, 6) is -0.934. The molecule has 0 atom stereocenters. The maximum atomic E-state index is 12.6. The summed E-state index contributed by atoms with van der Waals surface area (Å²) in [4.78, 5) is 14.5. The Morgan fingerprint density at radius 3 is 2.85 bits per heavy atom. The predicted molar refractivity (Wildman–Crippen MR) is 44.1 cm³/mol. The molecule has 0 saturated heterocycles. The van der Waals surface area contributed by atoms with Gasteiger partial charge in [-0.25, -0.2) is 4.98 Å². The number of nitrogens with one attached hydrogen (secondary N) is 1. The van der Waals surface area contributed by atoms with Gasteiger partial charge in [0.15, 0.2) is 5.69 Å². The normalized spacial score (nSPS) is 9.46. The summed E-state index contributed by atoms with van der Waals surface area (Å²) < 4.78 is 17.5. The zero-order valence-electron chi connectivity index (χ0n) is 7.30. The molecule has 0 aromatic carbocycles. The first-order chi connectivity index (χ1) is 6.19. The summed E-state index contributed by atoms with van der Waals surface area (Å²) in [5, 5.41) is 2.34. The first-order valence-electron chi connectivity index (χ1n) is 3.61. The van der Waals surface area contributed by atoms with Crippen molar-refractivity contribution in [3.8, 4) is 5.75 Å². The van der Waals surface area contributed by atoms with Crippen LogP contribution in [0, 0.1) is 5.95 Å². The molecule has 0 aliphatic carbocycles. The van der Waals surface area contributed by atoms with E-state index < -0.39 is 11.9 Å². The van der Waals surface area contributed by atoms with Gasteiger partial charge in [0.1, 0.15) is 5.75 Å². The molecule has 4 nitrogen and oxygen atoms in total. The van der Waals surface area contributed by atoms with Crippen molar-refractivity contribution < 1.29 is 13.9 Å². The van der Waals surface area contributed by atoms with Crippen LogP contribution in [0.2, 0.25) is 0 Å². The van der Waals surface area contributed by atoms with Crippen molar-refractivity contribution >= 4 is 5.91 Å². The second kappa shape index (κ2) is 3.84. The Balaban J connectivity index is 3.15. The van der Waals surface area contributed by atoms with E-state index in [0.29, 0.717) is 0 Å². The van der Waals surface area contributed by atoms with E-state index in [1.165, 1.54) is 20.2 Å². The van der Waals surface area contributed by atoms with Crippen LogP contribution in [-0.4, -0.2) is 25.0 Å². The van der Waals surface area contributed by atoms with Gasteiger partial charge in [-0.3, -0.25) is 4.79 Å². The number of halogens is 1. The molecule has 1 amide bonds. The quantitative estimate of drug-likeness (QED) is 0.684. The van der Waals surface area contributed by atoms with Gasteiger partial charge in [0.25, 0.3) is 5.91 Å². The number of amides is 1. The molecular weight excluding hydrogens is 175 g/mol. The monoisotopic (exact) mass is 184 g/mol. The van der Waals surface area contributed by atoms with Crippen molar-refractivity contribution in [3.05, 3.63) is 23.8 Å². The third-order valence-electron chi connectivity index (χ3n) is 1.49. The van der Waals surface area contributed by atoms with E-state index in [-0.39, 0.29) is 11.4 Å². The van der Waals surface area contributed by atoms with Gasteiger partial charge >= 0.3 is 0 Å². The van der Waals surface area contributed by atoms with Gasteiger partial charge in [0.2, 0.25) is 5.95 Å². The molecule has 0 bridgehead atoms. The van der Waals surface area contributed by atoms with Gasteiger partial charge in [-0.15, -0.1) is 0 Å². The Hall–Kier alpha value is -1.65. The molecule has 5 heteroatoms. The molecule has 0 radical (unpaired) electrons. The van der Waals surface area contributed by atoms with Gasteiger partial charge in [0.05, 0.1) is 7.11 Å². The van der Waals surface area contributed by atoms with Crippen molar-refractivity contribution in [3.63, 3.8) is 0 Å². The number of nitrogens with zero attached hydrogens (tertiary/aromatic N) is 1. The maximum absolute atomic E-state index is 12.6. The summed E-state index contributed by atoms with van der Waals surface area (Å²) in [7, 11) is 2.83. The van der Waals surface area contributed by atoms with Crippen LogP contribution in [0.1, 0.15) is 10.5 Å². The third-order valence-corrected chi connectivity index (χ3v) is 1.49. The van der Waals surface area contributed by atoms with Gasteiger partial charge < -0.3 is 10.1 Å². The zero-order valence-corrected chi connectivity index (χ0v) is 7.30. The van der Waals surface area contributed by atoms with Crippen LogP contribution in [0.3, 0.4) is 0 Å². The molecule has 0 saturated carbocycles. The van der Waals surface area contributed by atoms with E-state index in [1.54, 1.807) is 0 Å². The van der Waals surface area contributed by atoms with E-state index in [4.69, 9.17) is 4.74 Å². The highest BCUT2D eigenvalue weighted by Crippen LogP contribution is 2.15. The van der Waals surface area contributed by atoms with Crippen molar-refractivity contribution in [2.24, 2.45) is 0 Å². The summed E-state index contributed by atoms with van der Waals surface area (Å²) in [6.45, 7) is 0. The molecule has 0 spiro atoms. The van der Waals surface area contributed by atoms with E-state index in [9.17, 15) is 9.18 Å². The molecule has 1 rings (SSSR count). The average Bonchev–Trinajstić information content (AvgIpc) is 2.16. The molecule has 1 N–H and O–H groups in total. The number of rotatable bonds is 2. The number of hydrogen-bond acceptors (Lipinski definition) is 3. The number of pyridine rings is 1. The summed E-state index contributed by atoms with van der Waals surface area (Å²) in [6, 6.07) is 2.48. The third kappa shape index (κ3) is 1.93. The van der Waals surface area contributed by atoms with Crippen LogP contribution in [-0.2, 0) is 0 Å². The van der Waals surface area contributed by atoms with E-state index in [0.717, 1.165) is 6.07 Å². The maximum Gasteiger partial charge on any atom is 0.273 e. The van der Waals surface area contributed by atoms with Crippen LogP contribution in [0.25, 0.3) is 0 Å².